The predicted octanol–water partition coefficient (Wildman–Crippen LogP) is 2.48. The second kappa shape index (κ2) is 4.21. The van der Waals surface area contributed by atoms with E-state index in [1.807, 2.05) is 0 Å². The molecule has 12 heavy (non-hydrogen) atoms. The van der Waals surface area contributed by atoms with E-state index in [1.165, 1.54) is 17.8 Å². The average Bonchev–Trinajstić information content (AvgIpc) is 2.48. The Morgan fingerprint density at radius 1 is 1.67 bits per heavy atom. The highest BCUT2D eigenvalue weighted by atomic mass is 32.2. The van der Waals surface area contributed by atoms with Crippen LogP contribution in [0.25, 0.3) is 0 Å². The van der Waals surface area contributed by atoms with Gasteiger partial charge in [-0.05, 0) is 18.6 Å². The molecule has 0 atom stereocenters. The number of hydrogen-bond donors (Lipinski definition) is 1. The van der Waals surface area contributed by atoms with Crippen molar-refractivity contribution in [2.75, 3.05) is 5.75 Å². The molecule has 0 aliphatic rings. The van der Waals surface area contributed by atoms with Gasteiger partial charge >= 0.3 is 5.97 Å². The van der Waals surface area contributed by atoms with Crippen LogP contribution in [-0.4, -0.2) is 16.8 Å². The van der Waals surface area contributed by atoms with E-state index in [0.29, 0.717) is 5.09 Å². The van der Waals surface area contributed by atoms with Crippen molar-refractivity contribution in [3.8, 4) is 0 Å². The Balaban J connectivity index is 2.58. The van der Waals surface area contributed by atoms with Gasteiger partial charge in [-0.25, -0.2) is 4.79 Å². The lowest BCUT2D eigenvalue weighted by Crippen LogP contribution is -1.91. The van der Waals surface area contributed by atoms with Crippen LogP contribution in [0.2, 0.25) is 0 Å². The first-order valence-electron chi connectivity index (χ1n) is 3.70. The Bertz CT molecular complexity index is 267. The molecule has 1 N–H and O–H groups in total. The molecule has 1 aromatic rings. The molecule has 4 heteroatoms. The fourth-order valence-electron chi connectivity index (χ4n) is 0.715. The van der Waals surface area contributed by atoms with E-state index < -0.39 is 5.97 Å². The van der Waals surface area contributed by atoms with Crippen LogP contribution < -0.4 is 0 Å². The third kappa shape index (κ3) is 2.30. The third-order valence-corrected chi connectivity index (χ3v) is 2.36. The van der Waals surface area contributed by atoms with Crippen molar-refractivity contribution in [1.82, 2.24) is 0 Å². The fourth-order valence-corrected chi connectivity index (χ4v) is 1.43. The maximum absolute atomic E-state index is 10.4. The topological polar surface area (TPSA) is 50.4 Å². The van der Waals surface area contributed by atoms with Crippen LogP contribution in [0.4, 0.5) is 0 Å². The standard InChI is InChI=1S/C8H10O3S/c1-2-5-12-7-4-3-6(11-7)8(9)10/h3-4H,2,5H2,1H3,(H,9,10). The molecule has 0 bridgehead atoms. The molecule has 0 aliphatic carbocycles. The maximum Gasteiger partial charge on any atom is 0.371 e. The second-order valence-corrected chi connectivity index (χ2v) is 3.37. The number of carbonyl (C=O) groups is 1. The first-order chi connectivity index (χ1) is 5.74. The van der Waals surface area contributed by atoms with E-state index in [0.717, 1.165) is 12.2 Å². The molecule has 0 amide bonds. The third-order valence-electron chi connectivity index (χ3n) is 1.24. The molecule has 0 unspecified atom stereocenters. The van der Waals surface area contributed by atoms with Crippen LogP contribution in [0.1, 0.15) is 23.9 Å². The SMILES string of the molecule is CCCSc1ccc(C(=O)O)o1. The van der Waals surface area contributed by atoms with Gasteiger partial charge in [0.2, 0.25) is 5.76 Å². The summed E-state index contributed by atoms with van der Waals surface area (Å²) in [5.74, 6) is -0.0565. The van der Waals surface area contributed by atoms with E-state index in [4.69, 9.17) is 9.52 Å². The van der Waals surface area contributed by atoms with Crippen LogP contribution in [0.3, 0.4) is 0 Å². The summed E-state index contributed by atoms with van der Waals surface area (Å²) in [7, 11) is 0. The highest BCUT2D eigenvalue weighted by molar-refractivity contribution is 7.99. The Morgan fingerprint density at radius 2 is 2.42 bits per heavy atom. The van der Waals surface area contributed by atoms with Crippen molar-refractivity contribution in [2.24, 2.45) is 0 Å². The van der Waals surface area contributed by atoms with Gasteiger partial charge in [-0.2, -0.15) is 0 Å². The fraction of sp³-hybridized carbons (Fsp3) is 0.375. The number of hydrogen-bond acceptors (Lipinski definition) is 3. The van der Waals surface area contributed by atoms with Crippen LogP contribution in [0, 0.1) is 0 Å². The molecular formula is C8H10O3S. The van der Waals surface area contributed by atoms with Gasteiger partial charge in [-0.3, -0.25) is 0 Å². The van der Waals surface area contributed by atoms with Crippen molar-refractivity contribution in [2.45, 2.75) is 18.4 Å². The van der Waals surface area contributed by atoms with Crippen molar-refractivity contribution >= 4 is 17.7 Å². The Kier molecular flexibility index (Phi) is 3.22. The molecule has 0 saturated carbocycles. The summed E-state index contributed by atoms with van der Waals surface area (Å²) in [6.45, 7) is 2.06. The Morgan fingerprint density at radius 3 is 2.92 bits per heavy atom. The van der Waals surface area contributed by atoms with Crippen LogP contribution in [0.15, 0.2) is 21.6 Å². The molecule has 1 aromatic heterocycles. The van der Waals surface area contributed by atoms with Crippen LogP contribution in [0.5, 0.6) is 0 Å². The second-order valence-electron chi connectivity index (χ2n) is 2.27. The molecule has 0 saturated heterocycles. The monoisotopic (exact) mass is 186 g/mol. The van der Waals surface area contributed by atoms with Gasteiger partial charge in [-0.1, -0.05) is 18.7 Å². The smallest absolute Gasteiger partial charge is 0.371 e. The number of carboxylic acids is 1. The number of thioether (sulfide) groups is 1. The average molecular weight is 186 g/mol. The minimum Gasteiger partial charge on any atom is -0.475 e. The number of carboxylic acid groups (broad SMARTS) is 1. The van der Waals surface area contributed by atoms with Crippen molar-refractivity contribution in [3.05, 3.63) is 17.9 Å². The van der Waals surface area contributed by atoms with E-state index in [1.54, 1.807) is 6.07 Å². The Labute approximate surface area is 74.8 Å². The van der Waals surface area contributed by atoms with Gasteiger partial charge in [0.25, 0.3) is 0 Å². The van der Waals surface area contributed by atoms with Gasteiger partial charge in [0.05, 0.1) is 0 Å². The number of furan rings is 1. The number of aromatic carboxylic acids is 1. The van der Waals surface area contributed by atoms with Gasteiger partial charge in [-0.15, -0.1) is 0 Å². The summed E-state index contributed by atoms with van der Waals surface area (Å²) in [4.78, 5) is 10.4. The summed E-state index contributed by atoms with van der Waals surface area (Å²) in [6, 6.07) is 3.16. The van der Waals surface area contributed by atoms with Crippen LogP contribution >= 0.6 is 11.8 Å². The molecule has 1 rings (SSSR count). The lowest BCUT2D eigenvalue weighted by atomic mass is 10.5. The molecule has 3 nitrogen and oxygen atoms in total. The molecule has 0 fully saturated rings. The first kappa shape index (κ1) is 9.19. The predicted molar refractivity (Wildman–Crippen MR) is 46.7 cm³/mol. The zero-order valence-electron chi connectivity index (χ0n) is 6.74. The summed E-state index contributed by atoms with van der Waals surface area (Å²) in [6.07, 6.45) is 1.05. The van der Waals surface area contributed by atoms with Crippen LogP contribution in [-0.2, 0) is 0 Å². The highest BCUT2D eigenvalue weighted by Gasteiger charge is 2.08. The molecule has 0 spiro atoms. The normalized spacial score (nSPS) is 10.1. The molecule has 66 valence electrons. The first-order valence-corrected chi connectivity index (χ1v) is 4.68. The molecule has 1 heterocycles. The minimum atomic E-state index is -1.02. The highest BCUT2D eigenvalue weighted by Crippen LogP contribution is 2.21. The summed E-state index contributed by atoms with van der Waals surface area (Å²) in [5, 5.41) is 9.20. The lowest BCUT2D eigenvalue weighted by molar-refractivity contribution is 0.0656. The van der Waals surface area contributed by atoms with E-state index in [2.05, 4.69) is 6.92 Å². The quantitative estimate of drug-likeness (QED) is 0.734. The largest absolute Gasteiger partial charge is 0.475 e. The van der Waals surface area contributed by atoms with E-state index in [-0.39, 0.29) is 5.76 Å². The van der Waals surface area contributed by atoms with Gasteiger partial charge in [0, 0.05) is 5.75 Å². The minimum absolute atomic E-state index is 0.00797. The van der Waals surface area contributed by atoms with Crippen molar-refractivity contribution in [3.63, 3.8) is 0 Å². The maximum atomic E-state index is 10.4. The lowest BCUT2D eigenvalue weighted by Gasteiger charge is -1.91. The number of rotatable bonds is 4. The van der Waals surface area contributed by atoms with Gasteiger partial charge in [0.1, 0.15) is 0 Å². The van der Waals surface area contributed by atoms with E-state index in [9.17, 15) is 4.79 Å². The summed E-state index contributed by atoms with van der Waals surface area (Å²) in [5.41, 5.74) is 0. The molecule has 0 aliphatic heterocycles. The van der Waals surface area contributed by atoms with Crippen molar-refractivity contribution < 1.29 is 14.3 Å². The molecule has 0 aromatic carbocycles. The summed E-state index contributed by atoms with van der Waals surface area (Å²) < 4.78 is 5.01. The van der Waals surface area contributed by atoms with Gasteiger partial charge < -0.3 is 9.52 Å². The Hall–Kier alpha value is -0.900. The molecule has 0 radical (unpaired) electrons. The zero-order chi connectivity index (χ0) is 8.97. The molecular weight excluding hydrogens is 176 g/mol. The zero-order valence-corrected chi connectivity index (χ0v) is 7.56. The van der Waals surface area contributed by atoms with Gasteiger partial charge in [0.15, 0.2) is 5.09 Å². The van der Waals surface area contributed by atoms with Crippen molar-refractivity contribution in [1.29, 1.82) is 0 Å². The summed E-state index contributed by atoms with van der Waals surface area (Å²) >= 11 is 1.53. The van der Waals surface area contributed by atoms with E-state index >= 15 is 0 Å².